The van der Waals surface area contributed by atoms with Crippen LogP contribution < -0.4 is 10.2 Å². The smallest absolute Gasteiger partial charge is 0.550 e. The molecule has 0 unspecified atom stereocenters. The minimum absolute atomic E-state index is 0. The Morgan fingerprint density at radius 2 is 1.26 bits per heavy atom. The first-order valence-electron chi connectivity index (χ1n) is 11.4. The first-order chi connectivity index (χ1) is 14.3. The Bertz CT molecular complexity index is 496. The summed E-state index contributed by atoms with van der Waals surface area (Å²) in [4.78, 5) is 20.3. The van der Waals surface area contributed by atoms with Gasteiger partial charge in [-0.3, -0.25) is 0 Å². The Balaban J connectivity index is -0.000000172. The molecule has 0 aliphatic heterocycles. The van der Waals surface area contributed by atoms with E-state index < -0.39 is 11.9 Å². The van der Waals surface area contributed by atoms with Crippen LogP contribution in [0.3, 0.4) is 0 Å². The zero-order valence-electron chi connectivity index (χ0n) is 20.3. The Morgan fingerprint density at radius 1 is 0.806 bits per heavy atom. The van der Waals surface area contributed by atoms with Crippen molar-refractivity contribution in [1.82, 2.24) is 0 Å². The van der Waals surface area contributed by atoms with Crippen LogP contribution in [-0.2, 0) is 4.79 Å². The van der Waals surface area contributed by atoms with Crippen molar-refractivity contribution in [3.8, 4) is 0 Å². The molecule has 0 saturated carbocycles. The van der Waals surface area contributed by atoms with Crippen LogP contribution in [0.4, 0.5) is 0 Å². The molecule has 4 nitrogen and oxygen atoms in total. The predicted octanol–water partition coefficient (Wildman–Crippen LogP) is 5.10. The van der Waals surface area contributed by atoms with E-state index in [9.17, 15) is 19.8 Å². The zero-order valence-corrected chi connectivity index (χ0v) is 23.2. The molecule has 0 atom stereocenters. The predicted molar refractivity (Wildman–Crippen MR) is 129 cm³/mol. The third-order valence-corrected chi connectivity index (χ3v) is 3.95. The second-order valence-corrected chi connectivity index (χ2v) is 7.11. The van der Waals surface area contributed by atoms with Gasteiger partial charge in [-0.1, -0.05) is 129 Å². The minimum Gasteiger partial charge on any atom is -0.550 e. The van der Waals surface area contributed by atoms with E-state index in [1.807, 2.05) is 13.0 Å². The van der Waals surface area contributed by atoms with Gasteiger partial charge >= 0.3 is 23.9 Å². The summed E-state index contributed by atoms with van der Waals surface area (Å²) in [6.07, 6.45) is 12.9. The maximum absolute atomic E-state index is 10.2. The maximum atomic E-state index is 10.2. The van der Waals surface area contributed by atoms with Gasteiger partial charge in [-0.15, -0.1) is 0 Å². The summed E-state index contributed by atoms with van der Waals surface area (Å²) in [5.41, 5.74) is 1.17. The number of aliphatic carboxylic acids is 1. The molecule has 0 aliphatic carbocycles. The van der Waals surface area contributed by atoms with E-state index in [4.69, 9.17) is 0 Å². The quantitative estimate of drug-likeness (QED) is 0.290. The number of carboxylic acids is 2. The third kappa shape index (κ3) is 36.7. The molecule has 1 rings (SSSR count). The van der Waals surface area contributed by atoms with Crippen molar-refractivity contribution >= 4 is 35.8 Å². The van der Waals surface area contributed by atoms with Crippen molar-refractivity contribution in [2.45, 2.75) is 105 Å². The van der Waals surface area contributed by atoms with E-state index >= 15 is 0 Å². The van der Waals surface area contributed by atoms with Crippen LogP contribution in [0.15, 0.2) is 24.3 Å². The molecule has 0 aliphatic rings. The van der Waals surface area contributed by atoms with Crippen molar-refractivity contribution in [2.75, 3.05) is 0 Å². The van der Waals surface area contributed by atoms with Gasteiger partial charge in [0.25, 0.3) is 0 Å². The molecule has 176 valence electrons. The fourth-order valence-corrected chi connectivity index (χ4v) is 2.00. The Labute approximate surface area is 209 Å². The van der Waals surface area contributed by atoms with Crippen LogP contribution >= 0.6 is 0 Å². The van der Waals surface area contributed by atoms with Gasteiger partial charge in [0.05, 0.1) is 5.97 Å². The van der Waals surface area contributed by atoms with Gasteiger partial charge in [-0.25, -0.2) is 0 Å². The monoisotopic (exact) mass is 540 g/mol. The number of carbonyl (C=O) groups excluding carboxylic acids is 2. The van der Waals surface area contributed by atoms with Gasteiger partial charge in [0.1, 0.15) is 0 Å². The zero-order chi connectivity index (χ0) is 23.6. The molecule has 1 aromatic rings. The van der Waals surface area contributed by atoms with Crippen LogP contribution in [0.5, 0.6) is 0 Å². The molecule has 0 bridgehead atoms. The topological polar surface area (TPSA) is 80.3 Å². The molecular formula is C26H44O4Sn. The molecule has 0 amide bonds. The van der Waals surface area contributed by atoms with Crippen molar-refractivity contribution in [3.63, 3.8) is 0 Å². The average Bonchev–Trinajstić information content (AvgIpc) is 2.73. The summed E-state index contributed by atoms with van der Waals surface area (Å²) in [7, 11) is 0. The number of unbranched alkanes of at least 4 members (excludes halogenated alkanes) is 8. The summed E-state index contributed by atoms with van der Waals surface area (Å²) >= 11 is 0. The average molecular weight is 539 g/mol. The number of carbonyl (C=O) groups is 2. The van der Waals surface area contributed by atoms with E-state index in [-0.39, 0.29) is 35.9 Å². The maximum Gasteiger partial charge on any atom is 2.00 e. The van der Waals surface area contributed by atoms with E-state index in [1.165, 1.54) is 51.0 Å². The number of carboxylic acid groups (broad SMARTS) is 2. The molecule has 4 radical (unpaired) electrons. The van der Waals surface area contributed by atoms with Gasteiger partial charge in [0.15, 0.2) is 0 Å². The second-order valence-electron chi connectivity index (χ2n) is 7.11. The van der Waals surface area contributed by atoms with Crippen LogP contribution in [0, 0.1) is 20.8 Å². The Hall–Kier alpha value is -1.04. The van der Waals surface area contributed by atoms with Gasteiger partial charge in [-0.05, 0) is 25.3 Å². The van der Waals surface area contributed by atoms with Gasteiger partial charge in [0, 0.05) is 5.97 Å². The fourth-order valence-electron chi connectivity index (χ4n) is 2.00. The molecule has 0 saturated heterocycles. The van der Waals surface area contributed by atoms with Gasteiger partial charge in [-0.2, -0.15) is 0 Å². The van der Waals surface area contributed by atoms with Crippen molar-refractivity contribution in [1.29, 1.82) is 0 Å². The minimum atomic E-state index is -1.12. The second kappa shape index (κ2) is 31.1. The van der Waals surface area contributed by atoms with Crippen LogP contribution in [0.25, 0.3) is 0 Å². The summed E-state index contributed by atoms with van der Waals surface area (Å²) < 4.78 is 0. The van der Waals surface area contributed by atoms with Crippen LogP contribution in [-0.4, -0.2) is 35.8 Å². The summed E-state index contributed by atoms with van der Waals surface area (Å²) in [6.45, 7) is 15.5. The van der Waals surface area contributed by atoms with E-state index in [1.54, 1.807) is 12.1 Å². The number of hydrogen-bond acceptors (Lipinski definition) is 4. The van der Waals surface area contributed by atoms with E-state index in [2.05, 4.69) is 34.6 Å². The standard InChI is InChI=1S/C10H20O2.C8H8O2.2C4H9.Sn/c1-2-3-4-5-6-7-8-9-10(11)12;1-6-3-2-4-7(5-6)8(9)10;2*1-3-4-2;/h2-9H2,1H3,(H,11,12);2-5H,1H3,(H,9,10);2*1,3-4H2,2H3;/q;;;;+2/p-2. The Kier molecular flexibility index (Phi) is 37.5. The van der Waals surface area contributed by atoms with Crippen LogP contribution in [0.1, 0.15) is 114 Å². The molecule has 0 N–H and O–H groups in total. The van der Waals surface area contributed by atoms with E-state index in [0.29, 0.717) is 0 Å². The summed E-state index contributed by atoms with van der Waals surface area (Å²) in [5, 5.41) is 20.3. The Morgan fingerprint density at radius 3 is 1.58 bits per heavy atom. The number of hydrogen-bond donors (Lipinski definition) is 0. The van der Waals surface area contributed by atoms with E-state index in [0.717, 1.165) is 31.2 Å². The molecule has 5 heteroatoms. The molecule has 0 heterocycles. The summed E-state index contributed by atoms with van der Waals surface area (Å²) in [5.74, 6) is -2.03. The van der Waals surface area contributed by atoms with Crippen molar-refractivity contribution in [2.24, 2.45) is 0 Å². The number of aromatic carboxylic acids is 1. The van der Waals surface area contributed by atoms with Crippen LogP contribution in [0.2, 0.25) is 0 Å². The molecule has 0 fully saturated rings. The largest absolute Gasteiger partial charge is 2.00 e. The van der Waals surface area contributed by atoms with Gasteiger partial charge in [0.2, 0.25) is 0 Å². The normalized spacial score (nSPS) is 8.84. The summed E-state index contributed by atoms with van der Waals surface area (Å²) in [6, 6.07) is 6.63. The van der Waals surface area contributed by atoms with Crippen molar-refractivity contribution in [3.05, 3.63) is 49.2 Å². The fraction of sp³-hybridized carbons (Fsp3) is 0.615. The molecule has 31 heavy (non-hydrogen) atoms. The molecular weight excluding hydrogens is 495 g/mol. The molecule has 0 spiro atoms. The number of benzene rings is 1. The SMILES string of the molecule is CCCCCCCCCC(=O)[O-].Cc1cccc(C(=O)[O-])c1.[CH2]CCC.[CH2]CCC.[Sn+2]. The van der Waals surface area contributed by atoms with Crippen molar-refractivity contribution < 1.29 is 19.8 Å². The number of aryl methyl sites for hydroxylation is 1. The first-order valence-corrected chi connectivity index (χ1v) is 11.4. The number of rotatable bonds is 11. The van der Waals surface area contributed by atoms with Gasteiger partial charge < -0.3 is 19.8 Å². The molecule has 1 aromatic carbocycles. The first kappa shape index (κ1) is 37.3. The molecule has 0 aromatic heterocycles. The third-order valence-electron chi connectivity index (χ3n) is 3.95.